The third kappa shape index (κ3) is 1.52. The summed E-state index contributed by atoms with van der Waals surface area (Å²) in [5, 5.41) is 12.8. The third-order valence-electron chi connectivity index (χ3n) is 3.53. The number of para-hydroxylation sites is 1. The lowest BCUT2D eigenvalue weighted by atomic mass is 10.0. The zero-order valence-electron chi connectivity index (χ0n) is 10.5. The minimum absolute atomic E-state index is 0.613. The molecule has 1 radical (unpaired) electrons. The fraction of sp³-hybridized carbons (Fsp3) is 0. The summed E-state index contributed by atoms with van der Waals surface area (Å²) >= 11 is 0. The number of furan rings is 1. The van der Waals surface area contributed by atoms with Crippen molar-refractivity contribution in [2.45, 2.75) is 0 Å². The molecule has 20 heavy (non-hydrogen) atoms. The molecule has 95 valence electrons. The SMILES string of the molecule is O[B]Oc1cc2c3ccccc3oc2c2ccccc12. The Labute approximate surface area is 115 Å². The maximum absolute atomic E-state index is 8.94. The van der Waals surface area contributed by atoms with Crippen LogP contribution in [0.3, 0.4) is 0 Å². The van der Waals surface area contributed by atoms with Crippen LogP contribution in [-0.2, 0) is 0 Å². The van der Waals surface area contributed by atoms with Gasteiger partial charge >= 0.3 is 7.69 Å². The smallest absolute Gasteiger partial charge is 0.537 e. The zero-order valence-corrected chi connectivity index (χ0v) is 10.5. The number of hydrogen-bond acceptors (Lipinski definition) is 3. The van der Waals surface area contributed by atoms with Crippen molar-refractivity contribution in [3.63, 3.8) is 0 Å². The quantitative estimate of drug-likeness (QED) is 0.560. The summed E-state index contributed by atoms with van der Waals surface area (Å²) in [5.41, 5.74) is 1.69. The highest BCUT2D eigenvalue weighted by molar-refractivity contribution is 6.21. The van der Waals surface area contributed by atoms with E-state index in [0.29, 0.717) is 13.4 Å². The van der Waals surface area contributed by atoms with E-state index >= 15 is 0 Å². The molecule has 0 aliphatic heterocycles. The Morgan fingerprint density at radius 3 is 2.35 bits per heavy atom. The normalized spacial score (nSPS) is 11.2. The first kappa shape index (κ1) is 11.4. The van der Waals surface area contributed by atoms with Crippen LogP contribution >= 0.6 is 0 Å². The fourth-order valence-electron chi connectivity index (χ4n) is 2.67. The van der Waals surface area contributed by atoms with Crippen molar-refractivity contribution in [2.24, 2.45) is 0 Å². The lowest BCUT2D eigenvalue weighted by molar-refractivity contribution is 0.457. The Morgan fingerprint density at radius 2 is 1.55 bits per heavy atom. The van der Waals surface area contributed by atoms with E-state index in [1.165, 1.54) is 0 Å². The van der Waals surface area contributed by atoms with E-state index in [9.17, 15) is 0 Å². The number of benzene rings is 3. The van der Waals surface area contributed by atoms with Crippen LogP contribution in [0.15, 0.2) is 59.0 Å². The third-order valence-corrected chi connectivity index (χ3v) is 3.53. The van der Waals surface area contributed by atoms with E-state index < -0.39 is 0 Å². The molecule has 1 heterocycles. The predicted molar refractivity (Wildman–Crippen MR) is 79.8 cm³/mol. The second-order valence-corrected chi connectivity index (χ2v) is 4.62. The molecule has 1 N–H and O–H groups in total. The minimum Gasteiger partial charge on any atom is -0.537 e. The van der Waals surface area contributed by atoms with Crippen LogP contribution in [0.4, 0.5) is 0 Å². The topological polar surface area (TPSA) is 42.6 Å². The monoisotopic (exact) mass is 261 g/mol. The Bertz CT molecular complexity index is 927. The summed E-state index contributed by atoms with van der Waals surface area (Å²) in [6.07, 6.45) is 0. The molecule has 0 spiro atoms. The highest BCUT2D eigenvalue weighted by Crippen LogP contribution is 2.38. The van der Waals surface area contributed by atoms with Crippen molar-refractivity contribution in [3.8, 4) is 5.75 Å². The number of rotatable bonds is 2. The number of fused-ring (bicyclic) bond motifs is 5. The summed E-state index contributed by atoms with van der Waals surface area (Å²) in [5.74, 6) is 0.613. The standard InChI is InChI=1S/C16H10BO3/c18-17-20-15-9-13-11-6-3-4-8-14(11)19-16(13)12-7-2-1-5-10(12)15/h1-9,18H. The first-order chi connectivity index (χ1) is 9.88. The summed E-state index contributed by atoms with van der Waals surface area (Å²) in [6.45, 7) is 0. The van der Waals surface area contributed by atoms with Crippen molar-refractivity contribution in [3.05, 3.63) is 54.6 Å². The molecule has 3 aromatic carbocycles. The van der Waals surface area contributed by atoms with Gasteiger partial charge in [-0.2, -0.15) is 0 Å². The average molecular weight is 261 g/mol. The highest BCUT2D eigenvalue weighted by atomic mass is 16.5. The van der Waals surface area contributed by atoms with E-state index in [2.05, 4.69) is 0 Å². The largest absolute Gasteiger partial charge is 0.569 e. The molecule has 0 aliphatic carbocycles. The van der Waals surface area contributed by atoms with Crippen LogP contribution in [0, 0.1) is 0 Å². The Kier molecular flexibility index (Phi) is 2.44. The van der Waals surface area contributed by atoms with Crippen molar-refractivity contribution in [1.29, 1.82) is 0 Å². The van der Waals surface area contributed by atoms with Gasteiger partial charge in [0.05, 0.1) is 0 Å². The molecule has 4 rings (SSSR count). The van der Waals surface area contributed by atoms with E-state index in [-0.39, 0.29) is 0 Å². The van der Waals surface area contributed by atoms with Crippen molar-refractivity contribution >= 4 is 40.4 Å². The second-order valence-electron chi connectivity index (χ2n) is 4.62. The summed E-state index contributed by atoms with van der Waals surface area (Å²) in [7, 11) is 0.704. The number of hydrogen-bond donors (Lipinski definition) is 1. The molecule has 0 bridgehead atoms. The summed E-state index contributed by atoms with van der Waals surface area (Å²) in [6, 6.07) is 17.6. The summed E-state index contributed by atoms with van der Waals surface area (Å²) in [4.78, 5) is 0. The first-order valence-electron chi connectivity index (χ1n) is 6.34. The van der Waals surface area contributed by atoms with E-state index in [1.807, 2.05) is 54.6 Å². The van der Waals surface area contributed by atoms with Gasteiger partial charge in [-0.05, 0) is 12.1 Å². The van der Waals surface area contributed by atoms with Gasteiger partial charge in [-0.25, -0.2) is 0 Å². The molecule has 0 amide bonds. The molecule has 4 aromatic rings. The van der Waals surface area contributed by atoms with E-state index in [4.69, 9.17) is 14.1 Å². The van der Waals surface area contributed by atoms with Gasteiger partial charge in [-0.3, -0.25) is 0 Å². The summed E-state index contributed by atoms with van der Waals surface area (Å²) < 4.78 is 11.2. The Balaban J connectivity index is 2.23. The predicted octanol–water partition coefficient (Wildman–Crippen LogP) is 3.64. The van der Waals surface area contributed by atoms with E-state index in [1.54, 1.807) is 0 Å². The molecule has 3 nitrogen and oxygen atoms in total. The molecule has 0 unspecified atom stereocenters. The van der Waals surface area contributed by atoms with Crippen molar-refractivity contribution < 1.29 is 14.1 Å². The van der Waals surface area contributed by atoms with E-state index in [0.717, 1.165) is 32.7 Å². The second kappa shape index (κ2) is 4.29. The maximum atomic E-state index is 8.94. The van der Waals surface area contributed by atoms with Crippen LogP contribution < -0.4 is 4.65 Å². The van der Waals surface area contributed by atoms with Crippen molar-refractivity contribution in [2.75, 3.05) is 0 Å². The van der Waals surface area contributed by atoms with Gasteiger partial charge in [-0.1, -0.05) is 42.5 Å². The molecule has 1 aromatic heterocycles. The van der Waals surface area contributed by atoms with Gasteiger partial charge in [0.15, 0.2) is 0 Å². The molecule has 0 aliphatic rings. The molecule has 0 atom stereocenters. The first-order valence-corrected chi connectivity index (χ1v) is 6.34. The molecule has 0 saturated heterocycles. The van der Waals surface area contributed by atoms with Gasteiger partial charge in [0.2, 0.25) is 0 Å². The average Bonchev–Trinajstić information content (AvgIpc) is 2.87. The van der Waals surface area contributed by atoms with Gasteiger partial charge in [0, 0.05) is 21.5 Å². The van der Waals surface area contributed by atoms with Gasteiger partial charge in [0.1, 0.15) is 16.9 Å². The lowest BCUT2D eigenvalue weighted by Crippen LogP contribution is -2.00. The Hall–Kier alpha value is -2.46. The molecule has 0 saturated carbocycles. The van der Waals surface area contributed by atoms with Crippen LogP contribution in [-0.4, -0.2) is 12.7 Å². The van der Waals surface area contributed by atoms with Gasteiger partial charge in [0.25, 0.3) is 0 Å². The fourth-order valence-corrected chi connectivity index (χ4v) is 2.67. The van der Waals surface area contributed by atoms with Crippen LogP contribution in [0.25, 0.3) is 32.7 Å². The van der Waals surface area contributed by atoms with Gasteiger partial charge in [-0.15, -0.1) is 0 Å². The molecule has 0 fully saturated rings. The Morgan fingerprint density at radius 1 is 0.850 bits per heavy atom. The maximum Gasteiger partial charge on any atom is 0.569 e. The minimum atomic E-state index is 0.613. The van der Waals surface area contributed by atoms with Crippen molar-refractivity contribution in [1.82, 2.24) is 0 Å². The van der Waals surface area contributed by atoms with Crippen LogP contribution in [0.2, 0.25) is 0 Å². The van der Waals surface area contributed by atoms with Crippen LogP contribution in [0.5, 0.6) is 5.75 Å². The highest BCUT2D eigenvalue weighted by Gasteiger charge is 2.13. The van der Waals surface area contributed by atoms with Crippen LogP contribution in [0.1, 0.15) is 0 Å². The lowest BCUT2D eigenvalue weighted by Gasteiger charge is -2.07. The zero-order chi connectivity index (χ0) is 13.5. The molecule has 4 heteroatoms. The molecular formula is C16H10BO3. The van der Waals surface area contributed by atoms with Gasteiger partial charge < -0.3 is 14.1 Å². The molecular weight excluding hydrogens is 251 g/mol.